The fourth-order valence-electron chi connectivity index (χ4n) is 2.10. The summed E-state index contributed by atoms with van der Waals surface area (Å²) in [5.41, 5.74) is -0.103. The van der Waals surface area contributed by atoms with Crippen LogP contribution in [0.25, 0.3) is 0 Å². The molecule has 2 rings (SSSR count). The first-order valence-electron chi connectivity index (χ1n) is 6.32. The summed E-state index contributed by atoms with van der Waals surface area (Å²) in [5, 5.41) is 3.32. The minimum absolute atomic E-state index is 0.0453. The van der Waals surface area contributed by atoms with Gasteiger partial charge in [0.1, 0.15) is 0 Å². The van der Waals surface area contributed by atoms with Crippen LogP contribution in [0.2, 0.25) is 0 Å². The molecule has 0 aromatic heterocycles. The maximum atomic E-state index is 12.7. The molecule has 106 valence electrons. The third-order valence-electron chi connectivity index (χ3n) is 3.40. The van der Waals surface area contributed by atoms with Gasteiger partial charge in [0.05, 0.1) is 11.7 Å². The topological polar surface area (TPSA) is 21.3 Å². The molecule has 19 heavy (non-hydrogen) atoms. The SMILES string of the molecule is CC1(C)CCOC(c2cccc(C(F)(F)F)c2)CN1. The molecule has 1 aliphatic rings. The first-order chi connectivity index (χ1) is 8.78. The van der Waals surface area contributed by atoms with Crippen molar-refractivity contribution in [1.29, 1.82) is 0 Å². The summed E-state index contributed by atoms with van der Waals surface area (Å²) in [6, 6.07) is 5.36. The van der Waals surface area contributed by atoms with Crippen molar-refractivity contribution in [2.24, 2.45) is 0 Å². The van der Waals surface area contributed by atoms with Gasteiger partial charge in [-0.3, -0.25) is 0 Å². The fourth-order valence-corrected chi connectivity index (χ4v) is 2.10. The number of ether oxygens (including phenoxy) is 1. The van der Waals surface area contributed by atoms with Crippen LogP contribution in [0.1, 0.15) is 37.5 Å². The molecule has 0 spiro atoms. The Kier molecular flexibility index (Phi) is 3.87. The van der Waals surface area contributed by atoms with E-state index in [0.717, 1.165) is 12.5 Å². The van der Waals surface area contributed by atoms with Crippen molar-refractivity contribution in [2.45, 2.75) is 38.1 Å². The van der Waals surface area contributed by atoms with E-state index < -0.39 is 11.7 Å². The van der Waals surface area contributed by atoms with E-state index in [1.165, 1.54) is 12.1 Å². The largest absolute Gasteiger partial charge is 0.416 e. The van der Waals surface area contributed by atoms with Crippen LogP contribution in [0.3, 0.4) is 0 Å². The normalized spacial score (nSPS) is 23.9. The highest BCUT2D eigenvalue weighted by Crippen LogP contribution is 2.32. The van der Waals surface area contributed by atoms with E-state index in [1.807, 2.05) is 0 Å². The van der Waals surface area contributed by atoms with E-state index in [1.54, 1.807) is 6.07 Å². The molecule has 0 aliphatic carbocycles. The van der Waals surface area contributed by atoms with Crippen LogP contribution in [0.5, 0.6) is 0 Å². The van der Waals surface area contributed by atoms with Gasteiger partial charge < -0.3 is 10.1 Å². The van der Waals surface area contributed by atoms with Crippen molar-refractivity contribution in [3.05, 3.63) is 35.4 Å². The monoisotopic (exact) mass is 273 g/mol. The van der Waals surface area contributed by atoms with Gasteiger partial charge in [-0.25, -0.2) is 0 Å². The van der Waals surface area contributed by atoms with Crippen molar-refractivity contribution in [2.75, 3.05) is 13.2 Å². The Balaban J connectivity index is 2.18. The molecule has 0 amide bonds. The zero-order valence-electron chi connectivity index (χ0n) is 11.1. The van der Waals surface area contributed by atoms with Gasteiger partial charge in [-0.15, -0.1) is 0 Å². The number of rotatable bonds is 1. The van der Waals surface area contributed by atoms with Crippen LogP contribution in [0.15, 0.2) is 24.3 Å². The molecular weight excluding hydrogens is 255 g/mol. The van der Waals surface area contributed by atoms with Crippen LogP contribution in [-0.2, 0) is 10.9 Å². The lowest BCUT2D eigenvalue weighted by atomic mass is 10.0. The molecule has 2 nitrogen and oxygen atoms in total. The molecule has 1 aromatic carbocycles. The van der Waals surface area contributed by atoms with Crippen LogP contribution in [0, 0.1) is 0 Å². The van der Waals surface area contributed by atoms with Gasteiger partial charge in [0.15, 0.2) is 0 Å². The third kappa shape index (κ3) is 3.70. The Hall–Kier alpha value is -1.07. The summed E-state index contributed by atoms with van der Waals surface area (Å²) in [6.07, 6.45) is -3.81. The number of hydrogen-bond acceptors (Lipinski definition) is 2. The minimum Gasteiger partial charge on any atom is -0.372 e. The smallest absolute Gasteiger partial charge is 0.372 e. The predicted molar refractivity (Wildman–Crippen MR) is 66.8 cm³/mol. The summed E-state index contributed by atoms with van der Waals surface area (Å²) in [7, 11) is 0. The van der Waals surface area contributed by atoms with Gasteiger partial charge >= 0.3 is 6.18 Å². The van der Waals surface area contributed by atoms with Gasteiger partial charge in [0.2, 0.25) is 0 Å². The average Bonchev–Trinajstić information content (AvgIpc) is 2.49. The Morgan fingerprint density at radius 1 is 1.32 bits per heavy atom. The second-order valence-electron chi connectivity index (χ2n) is 5.50. The predicted octanol–water partition coefficient (Wildman–Crippen LogP) is 3.54. The van der Waals surface area contributed by atoms with E-state index in [4.69, 9.17) is 4.74 Å². The number of alkyl halides is 3. The average molecular weight is 273 g/mol. The van der Waals surface area contributed by atoms with Crippen molar-refractivity contribution in [1.82, 2.24) is 5.32 Å². The van der Waals surface area contributed by atoms with Gasteiger partial charge in [-0.05, 0) is 38.0 Å². The summed E-state index contributed by atoms with van der Waals surface area (Å²) < 4.78 is 43.7. The highest BCUT2D eigenvalue weighted by Gasteiger charge is 2.31. The lowest BCUT2D eigenvalue weighted by molar-refractivity contribution is -0.137. The maximum Gasteiger partial charge on any atom is 0.416 e. The number of hydrogen-bond donors (Lipinski definition) is 1. The van der Waals surface area contributed by atoms with Crippen molar-refractivity contribution >= 4 is 0 Å². The van der Waals surface area contributed by atoms with Crippen molar-refractivity contribution in [3.63, 3.8) is 0 Å². The lowest BCUT2D eigenvalue weighted by Gasteiger charge is -2.23. The van der Waals surface area contributed by atoms with E-state index in [2.05, 4.69) is 19.2 Å². The second kappa shape index (κ2) is 5.13. The lowest BCUT2D eigenvalue weighted by Crippen LogP contribution is -2.39. The Bertz CT molecular complexity index is 443. The first kappa shape index (κ1) is 14.3. The van der Waals surface area contributed by atoms with E-state index in [0.29, 0.717) is 18.7 Å². The molecule has 5 heteroatoms. The first-order valence-corrected chi connectivity index (χ1v) is 6.32. The Labute approximate surface area is 111 Å². The standard InChI is InChI=1S/C14H18F3NO/c1-13(2)6-7-19-12(9-18-13)10-4-3-5-11(8-10)14(15,16)17/h3-5,8,12,18H,6-7,9H2,1-2H3. The van der Waals surface area contributed by atoms with Crippen molar-refractivity contribution < 1.29 is 17.9 Å². The molecule has 0 bridgehead atoms. The molecular formula is C14H18F3NO. The highest BCUT2D eigenvalue weighted by molar-refractivity contribution is 5.27. The molecule has 1 unspecified atom stereocenters. The number of nitrogens with one attached hydrogen (secondary N) is 1. The summed E-state index contributed by atoms with van der Waals surface area (Å²) >= 11 is 0. The molecule has 1 saturated heterocycles. The third-order valence-corrected chi connectivity index (χ3v) is 3.40. The zero-order chi connectivity index (χ0) is 14.1. The van der Waals surface area contributed by atoms with E-state index >= 15 is 0 Å². The molecule has 0 radical (unpaired) electrons. The maximum absolute atomic E-state index is 12.7. The van der Waals surface area contributed by atoms with Gasteiger partial charge in [0, 0.05) is 18.7 Å². The highest BCUT2D eigenvalue weighted by atomic mass is 19.4. The number of benzene rings is 1. The molecule has 1 aliphatic heterocycles. The molecule has 1 heterocycles. The van der Waals surface area contributed by atoms with Crippen LogP contribution in [0.4, 0.5) is 13.2 Å². The minimum atomic E-state index is -4.31. The van der Waals surface area contributed by atoms with Gasteiger partial charge in [-0.2, -0.15) is 13.2 Å². The fraction of sp³-hybridized carbons (Fsp3) is 0.571. The molecule has 0 saturated carbocycles. The van der Waals surface area contributed by atoms with E-state index in [-0.39, 0.29) is 11.6 Å². The number of halogens is 3. The molecule has 1 N–H and O–H groups in total. The summed E-state index contributed by atoms with van der Waals surface area (Å²) in [4.78, 5) is 0. The van der Waals surface area contributed by atoms with Gasteiger partial charge in [0.25, 0.3) is 0 Å². The molecule has 1 atom stereocenters. The molecule has 1 aromatic rings. The Morgan fingerprint density at radius 2 is 2.05 bits per heavy atom. The molecule has 1 fully saturated rings. The zero-order valence-corrected chi connectivity index (χ0v) is 11.1. The van der Waals surface area contributed by atoms with Crippen LogP contribution in [-0.4, -0.2) is 18.7 Å². The van der Waals surface area contributed by atoms with Crippen molar-refractivity contribution in [3.8, 4) is 0 Å². The summed E-state index contributed by atoms with van der Waals surface area (Å²) in [6.45, 7) is 5.19. The van der Waals surface area contributed by atoms with E-state index in [9.17, 15) is 13.2 Å². The van der Waals surface area contributed by atoms with Gasteiger partial charge in [-0.1, -0.05) is 12.1 Å². The Morgan fingerprint density at radius 3 is 2.74 bits per heavy atom. The quantitative estimate of drug-likeness (QED) is 0.845. The second-order valence-corrected chi connectivity index (χ2v) is 5.50. The summed E-state index contributed by atoms with van der Waals surface area (Å²) in [5.74, 6) is 0. The van der Waals surface area contributed by atoms with Crippen LogP contribution >= 0.6 is 0 Å². The van der Waals surface area contributed by atoms with Crippen LogP contribution < -0.4 is 5.32 Å².